The molecule has 1 amide bonds. The van der Waals surface area contributed by atoms with Gasteiger partial charge in [0.1, 0.15) is 5.82 Å². The maximum absolute atomic E-state index is 13.7. The van der Waals surface area contributed by atoms with E-state index in [-0.39, 0.29) is 23.4 Å². The lowest BCUT2D eigenvalue weighted by Crippen LogP contribution is -2.56. The number of hydrogen-bond donors (Lipinski definition) is 0. The fourth-order valence-electron chi connectivity index (χ4n) is 3.70. The second-order valence-electron chi connectivity index (χ2n) is 6.54. The van der Waals surface area contributed by atoms with Crippen LogP contribution in [0.15, 0.2) is 18.2 Å². The van der Waals surface area contributed by atoms with Gasteiger partial charge in [-0.2, -0.15) is 0 Å². The lowest BCUT2D eigenvalue weighted by molar-refractivity contribution is -0.183. The summed E-state index contributed by atoms with van der Waals surface area (Å²) in [6.07, 6.45) is 3.67. The van der Waals surface area contributed by atoms with Crippen molar-refractivity contribution in [1.82, 2.24) is 4.90 Å². The molecule has 0 aromatic heterocycles. The first-order chi connectivity index (χ1) is 11.1. The van der Waals surface area contributed by atoms with Gasteiger partial charge in [0, 0.05) is 32.4 Å². The molecule has 2 aliphatic heterocycles. The standard InChI is InChI=1S/C18H24FNO3/c1-13-5-6-14(12-15(13)19)17(21)20-9-7-18(8-10-20)16(22-2)4-3-11-23-18/h5-6,12,16H,3-4,7-11H2,1-2H3. The Morgan fingerprint density at radius 1 is 1.39 bits per heavy atom. The largest absolute Gasteiger partial charge is 0.378 e. The molecule has 1 spiro atoms. The van der Waals surface area contributed by atoms with E-state index in [1.165, 1.54) is 6.07 Å². The number of carbonyl (C=O) groups is 1. The van der Waals surface area contributed by atoms with E-state index in [4.69, 9.17) is 9.47 Å². The van der Waals surface area contributed by atoms with Gasteiger partial charge in [-0.3, -0.25) is 4.79 Å². The number of hydrogen-bond acceptors (Lipinski definition) is 3. The van der Waals surface area contributed by atoms with Crippen molar-refractivity contribution >= 4 is 5.91 Å². The molecule has 1 atom stereocenters. The van der Waals surface area contributed by atoms with Gasteiger partial charge in [-0.25, -0.2) is 4.39 Å². The van der Waals surface area contributed by atoms with Crippen LogP contribution in [0.25, 0.3) is 0 Å². The number of rotatable bonds is 2. The number of piperidine rings is 1. The minimum Gasteiger partial charge on any atom is -0.378 e. The van der Waals surface area contributed by atoms with Gasteiger partial charge in [-0.1, -0.05) is 6.07 Å². The number of amides is 1. The smallest absolute Gasteiger partial charge is 0.253 e. The van der Waals surface area contributed by atoms with Crippen molar-refractivity contribution < 1.29 is 18.7 Å². The number of ether oxygens (including phenoxy) is 2. The van der Waals surface area contributed by atoms with Crippen LogP contribution in [0.1, 0.15) is 41.6 Å². The van der Waals surface area contributed by atoms with Gasteiger partial charge in [0.25, 0.3) is 5.91 Å². The van der Waals surface area contributed by atoms with Crippen molar-refractivity contribution in [2.24, 2.45) is 0 Å². The average Bonchev–Trinajstić information content (AvgIpc) is 2.58. The van der Waals surface area contributed by atoms with Crippen LogP contribution in [0, 0.1) is 12.7 Å². The quantitative estimate of drug-likeness (QED) is 0.841. The third-order valence-electron chi connectivity index (χ3n) is 5.19. The lowest BCUT2D eigenvalue weighted by Gasteiger charge is -2.48. The summed E-state index contributed by atoms with van der Waals surface area (Å²) in [5.41, 5.74) is 0.706. The van der Waals surface area contributed by atoms with Crippen LogP contribution < -0.4 is 0 Å². The van der Waals surface area contributed by atoms with Crippen LogP contribution in [0.3, 0.4) is 0 Å². The minimum absolute atomic E-state index is 0.102. The Morgan fingerprint density at radius 3 is 2.78 bits per heavy atom. The van der Waals surface area contributed by atoms with E-state index < -0.39 is 0 Å². The molecule has 1 aromatic rings. The summed E-state index contributed by atoms with van der Waals surface area (Å²) in [5, 5.41) is 0. The van der Waals surface area contributed by atoms with Gasteiger partial charge in [0.15, 0.2) is 0 Å². The van der Waals surface area contributed by atoms with E-state index in [2.05, 4.69) is 0 Å². The van der Waals surface area contributed by atoms with E-state index in [0.29, 0.717) is 24.2 Å². The molecule has 0 N–H and O–H groups in total. The number of likely N-dealkylation sites (tertiary alicyclic amines) is 1. The van der Waals surface area contributed by atoms with Crippen LogP contribution in [0.4, 0.5) is 4.39 Å². The van der Waals surface area contributed by atoms with Crippen molar-refractivity contribution in [2.75, 3.05) is 26.8 Å². The predicted octanol–water partition coefficient (Wildman–Crippen LogP) is 2.93. The third-order valence-corrected chi connectivity index (χ3v) is 5.19. The monoisotopic (exact) mass is 321 g/mol. The lowest BCUT2D eigenvalue weighted by atomic mass is 9.81. The van der Waals surface area contributed by atoms with Gasteiger partial charge in [0.2, 0.25) is 0 Å². The van der Waals surface area contributed by atoms with Crippen molar-refractivity contribution in [3.8, 4) is 0 Å². The fraction of sp³-hybridized carbons (Fsp3) is 0.611. The summed E-state index contributed by atoms with van der Waals surface area (Å²) < 4.78 is 25.4. The Kier molecular flexibility index (Phi) is 4.69. The number of carbonyl (C=O) groups excluding carboxylic acids is 1. The molecule has 2 heterocycles. The fourth-order valence-corrected chi connectivity index (χ4v) is 3.70. The summed E-state index contributed by atoms with van der Waals surface area (Å²) >= 11 is 0. The summed E-state index contributed by atoms with van der Waals surface area (Å²) in [4.78, 5) is 14.4. The first kappa shape index (κ1) is 16.4. The molecule has 2 saturated heterocycles. The Labute approximate surface area is 136 Å². The highest BCUT2D eigenvalue weighted by Crippen LogP contribution is 2.37. The number of halogens is 1. The Morgan fingerprint density at radius 2 is 2.13 bits per heavy atom. The molecule has 5 heteroatoms. The molecule has 0 aliphatic carbocycles. The van der Waals surface area contributed by atoms with E-state index in [1.807, 2.05) is 0 Å². The molecule has 23 heavy (non-hydrogen) atoms. The number of methoxy groups -OCH3 is 1. The first-order valence-electron chi connectivity index (χ1n) is 8.28. The molecule has 1 aromatic carbocycles. The maximum atomic E-state index is 13.7. The van der Waals surface area contributed by atoms with Crippen LogP contribution in [-0.4, -0.2) is 49.3 Å². The minimum atomic E-state index is -0.334. The molecular weight excluding hydrogens is 297 g/mol. The summed E-state index contributed by atoms with van der Waals surface area (Å²) in [6.45, 7) is 3.69. The topological polar surface area (TPSA) is 38.8 Å². The Bertz CT molecular complexity index is 582. The maximum Gasteiger partial charge on any atom is 0.253 e. The number of benzene rings is 1. The van der Waals surface area contributed by atoms with Gasteiger partial charge in [-0.05, 0) is 50.3 Å². The highest BCUT2D eigenvalue weighted by atomic mass is 19.1. The SMILES string of the molecule is COC1CCCOC12CCN(C(=O)c1ccc(C)c(F)c1)CC2. The summed E-state index contributed by atoms with van der Waals surface area (Å²) in [6, 6.07) is 4.68. The van der Waals surface area contributed by atoms with Crippen LogP contribution in [-0.2, 0) is 9.47 Å². The van der Waals surface area contributed by atoms with Crippen molar-refractivity contribution in [3.05, 3.63) is 35.1 Å². The molecule has 0 saturated carbocycles. The van der Waals surface area contributed by atoms with Crippen LogP contribution >= 0.6 is 0 Å². The van der Waals surface area contributed by atoms with E-state index in [1.54, 1.807) is 31.1 Å². The normalized spacial score (nSPS) is 24.0. The first-order valence-corrected chi connectivity index (χ1v) is 8.28. The van der Waals surface area contributed by atoms with Gasteiger partial charge in [0.05, 0.1) is 11.7 Å². The number of aryl methyl sites for hydroxylation is 1. The zero-order chi connectivity index (χ0) is 16.4. The van der Waals surface area contributed by atoms with E-state index >= 15 is 0 Å². The molecule has 3 rings (SSSR count). The zero-order valence-electron chi connectivity index (χ0n) is 13.8. The molecular formula is C18H24FNO3. The van der Waals surface area contributed by atoms with Crippen LogP contribution in [0.2, 0.25) is 0 Å². The second kappa shape index (κ2) is 6.57. The molecule has 0 radical (unpaired) electrons. The second-order valence-corrected chi connectivity index (χ2v) is 6.54. The number of nitrogens with zero attached hydrogens (tertiary/aromatic N) is 1. The van der Waals surface area contributed by atoms with Crippen LogP contribution in [0.5, 0.6) is 0 Å². The van der Waals surface area contributed by atoms with E-state index in [0.717, 1.165) is 32.3 Å². The van der Waals surface area contributed by atoms with E-state index in [9.17, 15) is 9.18 Å². The molecule has 126 valence electrons. The van der Waals surface area contributed by atoms with Crippen molar-refractivity contribution in [2.45, 2.75) is 44.3 Å². The molecule has 0 bridgehead atoms. The highest BCUT2D eigenvalue weighted by Gasteiger charge is 2.45. The average molecular weight is 321 g/mol. The van der Waals surface area contributed by atoms with Gasteiger partial charge < -0.3 is 14.4 Å². The van der Waals surface area contributed by atoms with Gasteiger partial charge >= 0.3 is 0 Å². The molecule has 2 fully saturated rings. The molecule has 4 nitrogen and oxygen atoms in total. The molecule has 2 aliphatic rings. The predicted molar refractivity (Wildman–Crippen MR) is 85.0 cm³/mol. The summed E-state index contributed by atoms with van der Waals surface area (Å²) in [5.74, 6) is -0.442. The molecule has 1 unspecified atom stereocenters. The Hall–Kier alpha value is -1.46. The third kappa shape index (κ3) is 3.12. The van der Waals surface area contributed by atoms with Crippen molar-refractivity contribution in [3.63, 3.8) is 0 Å². The van der Waals surface area contributed by atoms with Crippen molar-refractivity contribution in [1.29, 1.82) is 0 Å². The highest BCUT2D eigenvalue weighted by molar-refractivity contribution is 5.94. The summed E-state index contributed by atoms with van der Waals surface area (Å²) in [7, 11) is 1.73. The Balaban J connectivity index is 1.68. The zero-order valence-corrected chi connectivity index (χ0v) is 13.8. The van der Waals surface area contributed by atoms with Gasteiger partial charge in [-0.15, -0.1) is 0 Å².